The van der Waals surface area contributed by atoms with Crippen LogP contribution in [0.2, 0.25) is 0 Å². The predicted octanol–water partition coefficient (Wildman–Crippen LogP) is 0.327. The predicted molar refractivity (Wildman–Crippen MR) is 51.3 cm³/mol. The molecule has 0 aliphatic rings. The normalized spacial score (nSPS) is 11.1. The van der Waals surface area contributed by atoms with Gasteiger partial charge in [-0.25, -0.2) is 0 Å². The molecule has 0 atom stereocenters. The van der Waals surface area contributed by atoms with Crippen LogP contribution in [-0.4, -0.2) is 40.0 Å². The Balaban J connectivity index is 2.52. The van der Waals surface area contributed by atoms with Crippen LogP contribution in [0, 0.1) is 0 Å². The van der Waals surface area contributed by atoms with E-state index in [4.69, 9.17) is 5.11 Å². The maximum absolute atomic E-state index is 8.73. The number of hydrogen-bond acceptors (Lipinski definition) is 3. The summed E-state index contributed by atoms with van der Waals surface area (Å²) in [4.78, 5) is 2.07. The SMILES string of the molecule is CCn1nccc1CN(C)CCO. The van der Waals surface area contributed by atoms with Gasteiger partial charge in [0.05, 0.1) is 12.3 Å². The lowest BCUT2D eigenvalue weighted by atomic mass is 10.4. The molecule has 0 bridgehead atoms. The minimum atomic E-state index is 0.205. The summed E-state index contributed by atoms with van der Waals surface area (Å²) in [6.45, 7) is 4.72. The van der Waals surface area contributed by atoms with Gasteiger partial charge in [0.25, 0.3) is 0 Å². The molecular weight excluding hydrogens is 166 g/mol. The number of hydrogen-bond donors (Lipinski definition) is 1. The van der Waals surface area contributed by atoms with E-state index in [1.54, 1.807) is 0 Å². The van der Waals surface area contributed by atoms with E-state index in [0.29, 0.717) is 6.54 Å². The fourth-order valence-electron chi connectivity index (χ4n) is 1.31. The highest BCUT2D eigenvalue weighted by atomic mass is 16.3. The van der Waals surface area contributed by atoms with E-state index in [1.165, 1.54) is 5.69 Å². The molecule has 13 heavy (non-hydrogen) atoms. The van der Waals surface area contributed by atoms with Crippen molar-refractivity contribution in [3.63, 3.8) is 0 Å². The number of aryl methyl sites for hydroxylation is 1. The van der Waals surface area contributed by atoms with E-state index in [1.807, 2.05) is 24.0 Å². The minimum Gasteiger partial charge on any atom is -0.395 e. The van der Waals surface area contributed by atoms with Gasteiger partial charge in [-0.1, -0.05) is 0 Å². The van der Waals surface area contributed by atoms with E-state index in [-0.39, 0.29) is 6.61 Å². The molecule has 1 aromatic heterocycles. The maximum atomic E-state index is 8.73. The lowest BCUT2D eigenvalue weighted by Gasteiger charge is -2.15. The molecule has 1 aromatic rings. The van der Waals surface area contributed by atoms with Crippen molar-refractivity contribution in [2.75, 3.05) is 20.2 Å². The Kier molecular flexibility index (Phi) is 3.92. The number of likely N-dealkylation sites (N-methyl/N-ethyl adjacent to an activating group) is 1. The third-order valence-corrected chi connectivity index (χ3v) is 2.02. The van der Waals surface area contributed by atoms with Gasteiger partial charge in [-0.15, -0.1) is 0 Å². The highest BCUT2D eigenvalue weighted by molar-refractivity contribution is 4.99. The molecule has 4 heteroatoms. The minimum absolute atomic E-state index is 0.205. The molecule has 0 spiro atoms. The van der Waals surface area contributed by atoms with Gasteiger partial charge in [-0.2, -0.15) is 5.10 Å². The van der Waals surface area contributed by atoms with Crippen LogP contribution in [0.3, 0.4) is 0 Å². The highest BCUT2D eigenvalue weighted by Gasteiger charge is 2.03. The molecule has 1 N–H and O–H groups in total. The van der Waals surface area contributed by atoms with E-state index in [9.17, 15) is 0 Å². The molecule has 0 saturated heterocycles. The molecule has 0 radical (unpaired) electrons. The summed E-state index contributed by atoms with van der Waals surface area (Å²) < 4.78 is 1.97. The molecule has 0 aromatic carbocycles. The van der Waals surface area contributed by atoms with E-state index >= 15 is 0 Å². The first kappa shape index (κ1) is 10.2. The maximum Gasteiger partial charge on any atom is 0.0558 e. The first-order valence-corrected chi connectivity index (χ1v) is 4.58. The fourth-order valence-corrected chi connectivity index (χ4v) is 1.31. The summed E-state index contributed by atoms with van der Waals surface area (Å²) in [7, 11) is 1.99. The van der Waals surface area contributed by atoms with Crippen molar-refractivity contribution in [1.29, 1.82) is 0 Å². The Bertz CT molecular complexity index is 247. The number of aromatic nitrogens is 2. The van der Waals surface area contributed by atoms with Gasteiger partial charge in [0.1, 0.15) is 0 Å². The molecule has 0 unspecified atom stereocenters. The van der Waals surface area contributed by atoms with Crippen LogP contribution in [0.5, 0.6) is 0 Å². The van der Waals surface area contributed by atoms with Crippen LogP contribution in [0.25, 0.3) is 0 Å². The monoisotopic (exact) mass is 183 g/mol. The lowest BCUT2D eigenvalue weighted by Crippen LogP contribution is -2.23. The van der Waals surface area contributed by atoms with E-state index < -0.39 is 0 Å². The topological polar surface area (TPSA) is 41.3 Å². The Morgan fingerprint density at radius 3 is 3.00 bits per heavy atom. The zero-order valence-electron chi connectivity index (χ0n) is 8.27. The van der Waals surface area contributed by atoms with Gasteiger partial charge in [0.15, 0.2) is 0 Å². The molecule has 0 aliphatic carbocycles. The standard InChI is InChI=1S/C9H17N3O/c1-3-12-9(4-5-10-12)8-11(2)6-7-13/h4-5,13H,3,6-8H2,1-2H3. The fraction of sp³-hybridized carbons (Fsp3) is 0.667. The highest BCUT2D eigenvalue weighted by Crippen LogP contribution is 2.01. The molecule has 0 aliphatic heterocycles. The van der Waals surface area contributed by atoms with Gasteiger partial charge in [-0.05, 0) is 20.0 Å². The summed E-state index contributed by atoms with van der Waals surface area (Å²) in [5.41, 5.74) is 1.19. The summed E-state index contributed by atoms with van der Waals surface area (Å²) in [6.07, 6.45) is 1.81. The Morgan fingerprint density at radius 1 is 1.62 bits per heavy atom. The van der Waals surface area contributed by atoms with Crippen molar-refractivity contribution in [3.8, 4) is 0 Å². The molecule has 74 valence electrons. The molecule has 4 nitrogen and oxygen atoms in total. The van der Waals surface area contributed by atoms with Crippen molar-refractivity contribution < 1.29 is 5.11 Å². The third kappa shape index (κ3) is 2.82. The number of nitrogens with zero attached hydrogens (tertiary/aromatic N) is 3. The van der Waals surface area contributed by atoms with Gasteiger partial charge in [-0.3, -0.25) is 9.58 Å². The first-order chi connectivity index (χ1) is 6.27. The van der Waals surface area contributed by atoms with E-state index in [2.05, 4.69) is 16.9 Å². The van der Waals surface area contributed by atoms with Crippen molar-refractivity contribution in [2.24, 2.45) is 0 Å². The Labute approximate surface area is 78.8 Å². The Morgan fingerprint density at radius 2 is 2.38 bits per heavy atom. The van der Waals surface area contributed by atoms with Crippen molar-refractivity contribution in [2.45, 2.75) is 20.0 Å². The second-order valence-corrected chi connectivity index (χ2v) is 3.10. The lowest BCUT2D eigenvalue weighted by molar-refractivity contribution is 0.214. The van der Waals surface area contributed by atoms with Crippen LogP contribution in [-0.2, 0) is 13.1 Å². The van der Waals surface area contributed by atoms with Crippen LogP contribution in [0.1, 0.15) is 12.6 Å². The van der Waals surface area contributed by atoms with Gasteiger partial charge in [0.2, 0.25) is 0 Å². The summed E-state index contributed by atoms with van der Waals surface area (Å²) in [6, 6.07) is 2.01. The molecule has 0 saturated carbocycles. The van der Waals surface area contributed by atoms with Gasteiger partial charge < -0.3 is 5.11 Å². The van der Waals surface area contributed by atoms with Gasteiger partial charge in [0, 0.05) is 25.8 Å². The quantitative estimate of drug-likeness (QED) is 0.715. The van der Waals surface area contributed by atoms with Crippen LogP contribution >= 0.6 is 0 Å². The third-order valence-electron chi connectivity index (χ3n) is 2.02. The van der Waals surface area contributed by atoms with Crippen molar-refractivity contribution in [1.82, 2.24) is 14.7 Å². The summed E-state index contributed by atoms with van der Waals surface area (Å²) in [5.74, 6) is 0. The van der Waals surface area contributed by atoms with Crippen molar-refractivity contribution >= 4 is 0 Å². The summed E-state index contributed by atoms with van der Waals surface area (Å²) >= 11 is 0. The second-order valence-electron chi connectivity index (χ2n) is 3.10. The smallest absolute Gasteiger partial charge is 0.0558 e. The van der Waals surface area contributed by atoms with Crippen LogP contribution in [0.15, 0.2) is 12.3 Å². The molecule has 0 fully saturated rings. The van der Waals surface area contributed by atoms with Crippen LogP contribution in [0.4, 0.5) is 0 Å². The molecule has 0 amide bonds. The Hall–Kier alpha value is -0.870. The zero-order chi connectivity index (χ0) is 9.68. The van der Waals surface area contributed by atoms with Crippen molar-refractivity contribution in [3.05, 3.63) is 18.0 Å². The largest absolute Gasteiger partial charge is 0.395 e. The molecule has 1 heterocycles. The molecule has 1 rings (SSSR count). The summed E-state index contributed by atoms with van der Waals surface area (Å²) in [5, 5.41) is 12.9. The number of rotatable bonds is 5. The molecular formula is C9H17N3O. The average Bonchev–Trinajstić information content (AvgIpc) is 2.52. The average molecular weight is 183 g/mol. The van der Waals surface area contributed by atoms with E-state index in [0.717, 1.165) is 13.1 Å². The number of aliphatic hydroxyl groups is 1. The van der Waals surface area contributed by atoms with Gasteiger partial charge >= 0.3 is 0 Å². The first-order valence-electron chi connectivity index (χ1n) is 4.58. The number of aliphatic hydroxyl groups excluding tert-OH is 1. The van der Waals surface area contributed by atoms with Crippen LogP contribution < -0.4 is 0 Å². The zero-order valence-corrected chi connectivity index (χ0v) is 8.27. The second kappa shape index (κ2) is 4.99.